The van der Waals surface area contributed by atoms with Gasteiger partial charge in [-0.05, 0) is 49.2 Å². The SMILES string of the molecule is CCCCC(C(=O)Nc1ccccc1)n1cc(OC)c(-c2cc(Cl)ccc2C(C)=O)cc1=O. The van der Waals surface area contributed by atoms with E-state index in [4.69, 9.17) is 16.3 Å². The summed E-state index contributed by atoms with van der Waals surface area (Å²) in [5, 5.41) is 3.32. The molecule has 0 bridgehead atoms. The van der Waals surface area contributed by atoms with Crippen LogP contribution in [0.2, 0.25) is 5.02 Å². The average molecular weight is 467 g/mol. The van der Waals surface area contributed by atoms with Gasteiger partial charge in [-0.2, -0.15) is 0 Å². The van der Waals surface area contributed by atoms with Gasteiger partial charge in [0, 0.05) is 27.9 Å². The minimum Gasteiger partial charge on any atom is -0.495 e. The van der Waals surface area contributed by atoms with Crippen molar-refractivity contribution in [3.05, 3.63) is 81.7 Å². The Labute approximate surface area is 198 Å². The fraction of sp³-hybridized carbons (Fsp3) is 0.269. The molecule has 0 aliphatic heterocycles. The van der Waals surface area contributed by atoms with E-state index in [1.807, 2.05) is 25.1 Å². The lowest BCUT2D eigenvalue weighted by atomic mass is 9.97. The Morgan fingerprint density at radius 3 is 2.45 bits per heavy atom. The Hall–Kier alpha value is -3.38. The smallest absolute Gasteiger partial charge is 0.252 e. The highest BCUT2D eigenvalue weighted by Crippen LogP contribution is 2.34. The topological polar surface area (TPSA) is 77.4 Å². The highest BCUT2D eigenvalue weighted by atomic mass is 35.5. The van der Waals surface area contributed by atoms with Crippen LogP contribution in [0.1, 0.15) is 49.5 Å². The molecule has 3 aromatic rings. The zero-order chi connectivity index (χ0) is 24.0. The van der Waals surface area contributed by atoms with Crippen LogP contribution >= 0.6 is 11.6 Å². The van der Waals surface area contributed by atoms with Gasteiger partial charge in [-0.25, -0.2) is 0 Å². The number of nitrogens with one attached hydrogen (secondary N) is 1. The van der Waals surface area contributed by atoms with Gasteiger partial charge in [-0.1, -0.05) is 49.6 Å². The molecular weight excluding hydrogens is 440 g/mol. The summed E-state index contributed by atoms with van der Waals surface area (Å²) in [6, 6.07) is 14.7. The maximum Gasteiger partial charge on any atom is 0.252 e. The van der Waals surface area contributed by atoms with Crippen LogP contribution in [-0.4, -0.2) is 23.4 Å². The third kappa shape index (κ3) is 5.71. The third-order valence-electron chi connectivity index (χ3n) is 5.43. The van der Waals surface area contributed by atoms with Crippen LogP contribution < -0.4 is 15.6 Å². The van der Waals surface area contributed by atoms with Crippen molar-refractivity contribution in [1.82, 2.24) is 4.57 Å². The summed E-state index contributed by atoms with van der Waals surface area (Å²) in [7, 11) is 1.48. The number of methoxy groups -OCH3 is 1. The Morgan fingerprint density at radius 2 is 1.82 bits per heavy atom. The number of ether oxygens (including phenoxy) is 1. The van der Waals surface area contributed by atoms with Crippen LogP contribution in [-0.2, 0) is 4.79 Å². The van der Waals surface area contributed by atoms with E-state index in [2.05, 4.69) is 5.32 Å². The van der Waals surface area contributed by atoms with Crippen LogP contribution in [0.5, 0.6) is 5.75 Å². The molecule has 3 rings (SSSR count). The van der Waals surface area contributed by atoms with Crippen molar-refractivity contribution in [3.8, 4) is 16.9 Å². The number of aromatic nitrogens is 1. The zero-order valence-corrected chi connectivity index (χ0v) is 19.7. The van der Waals surface area contributed by atoms with E-state index in [1.165, 1.54) is 30.9 Å². The van der Waals surface area contributed by atoms with Crippen molar-refractivity contribution in [2.24, 2.45) is 0 Å². The fourth-order valence-electron chi connectivity index (χ4n) is 3.73. The van der Waals surface area contributed by atoms with Gasteiger partial charge < -0.3 is 10.1 Å². The van der Waals surface area contributed by atoms with E-state index < -0.39 is 6.04 Å². The quantitative estimate of drug-likeness (QED) is 0.407. The monoisotopic (exact) mass is 466 g/mol. The normalized spacial score (nSPS) is 11.6. The lowest BCUT2D eigenvalue weighted by Gasteiger charge is -2.21. The number of amides is 1. The number of pyridine rings is 1. The van der Waals surface area contributed by atoms with Gasteiger partial charge in [0.2, 0.25) is 5.91 Å². The average Bonchev–Trinajstić information content (AvgIpc) is 2.80. The van der Waals surface area contributed by atoms with E-state index in [-0.39, 0.29) is 17.2 Å². The molecule has 1 unspecified atom stereocenters. The number of benzene rings is 2. The third-order valence-corrected chi connectivity index (χ3v) is 5.66. The maximum atomic E-state index is 13.2. The zero-order valence-electron chi connectivity index (χ0n) is 18.9. The lowest BCUT2D eigenvalue weighted by molar-refractivity contribution is -0.119. The van der Waals surface area contributed by atoms with Crippen LogP contribution in [0.4, 0.5) is 5.69 Å². The summed E-state index contributed by atoms with van der Waals surface area (Å²) in [5.74, 6) is -0.0666. The van der Waals surface area contributed by atoms with Crippen LogP contribution in [0.15, 0.2) is 65.6 Å². The largest absolute Gasteiger partial charge is 0.495 e. The maximum absolute atomic E-state index is 13.2. The molecule has 2 aromatic carbocycles. The van der Waals surface area contributed by atoms with Crippen molar-refractivity contribution in [1.29, 1.82) is 0 Å². The van der Waals surface area contributed by atoms with Crippen LogP contribution in [0, 0.1) is 0 Å². The van der Waals surface area contributed by atoms with Crippen molar-refractivity contribution >= 4 is 29.0 Å². The number of nitrogens with zero attached hydrogens (tertiary/aromatic N) is 1. The number of rotatable bonds is 9. The molecule has 172 valence electrons. The van der Waals surface area contributed by atoms with Gasteiger partial charge in [0.25, 0.3) is 5.56 Å². The number of unbranched alkanes of at least 4 members (excludes halogenated alkanes) is 1. The second kappa shape index (κ2) is 11.0. The lowest BCUT2D eigenvalue weighted by Crippen LogP contribution is -2.33. The first-order chi connectivity index (χ1) is 15.8. The molecule has 1 amide bonds. The summed E-state index contributed by atoms with van der Waals surface area (Å²) in [5.41, 5.74) is 1.67. The summed E-state index contributed by atoms with van der Waals surface area (Å²) >= 11 is 6.18. The highest BCUT2D eigenvalue weighted by Gasteiger charge is 2.24. The number of Topliss-reactive ketones (excluding diaryl/α,β-unsaturated/α-hetero) is 1. The van der Waals surface area contributed by atoms with Crippen LogP contribution in [0.3, 0.4) is 0 Å². The first kappa shape index (κ1) is 24.3. The van der Waals surface area contributed by atoms with Crippen molar-refractivity contribution in [2.75, 3.05) is 12.4 Å². The number of para-hydroxylation sites is 1. The van der Waals surface area contributed by atoms with Gasteiger partial charge in [-0.3, -0.25) is 19.0 Å². The number of carbonyl (C=O) groups excluding carboxylic acids is 2. The number of hydrogen-bond donors (Lipinski definition) is 1. The number of halogens is 1. The van der Waals surface area contributed by atoms with E-state index in [9.17, 15) is 14.4 Å². The van der Waals surface area contributed by atoms with E-state index >= 15 is 0 Å². The summed E-state index contributed by atoms with van der Waals surface area (Å²) in [4.78, 5) is 38.5. The Kier molecular flexibility index (Phi) is 8.06. The number of anilines is 1. The molecule has 0 radical (unpaired) electrons. The fourth-order valence-corrected chi connectivity index (χ4v) is 3.90. The Morgan fingerprint density at radius 1 is 1.09 bits per heavy atom. The first-order valence-electron chi connectivity index (χ1n) is 10.8. The van der Waals surface area contributed by atoms with Crippen molar-refractivity contribution in [2.45, 2.75) is 39.2 Å². The number of carbonyl (C=O) groups is 2. The molecule has 1 aromatic heterocycles. The predicted molar refractivity (Wildman–Crippen MR) is 131 cm³/mol. The van der Waals surface area contributed by atoms with E-state index in [0.717, 1.165) is 12.8 Å². The molecule has 0 spiro atoms. The molecule has 1 heterocycles. The summed E-state index contributed by atoms with van der Waals surface area (Å²) < 4.78 is 6.97. The van der Waals surface area contributed by atoms with Gasteiger partial charge in [0.05, 0.1) is 13.3 Å². The molecular formula is C26H27ClN2O4. The van der Waals surface area contributed by atoms with Gasteiger partial charge >= 0.3 is 0 Å². The van der Waals surface area contributed by atoms with E-state index in [1.54, 1.807) is 30.3 Å². The van der Waals surface area contributed by atoms with Crippen LogP contribution in [0.25, 0.3) is 11.1 Å². The molecule has 1 N–H and O–H groups in total. The molecule has 7 heteroatoms. The Balaban J connectivity index is 2.09. The molecule has 0 aliphatic rings. The van der Waals surface area contributed by atoms with E-state index in [0.29, 0.717) is 39.6 Å². The molecule has 0 saturated carbocycles. The molecule has 1 atom stereocenters. The summed E-state index contributed by atoms with van der Waals surface area (Å²) in [6.45, 7) is 3.48. The minimum atomic E-state index is -0.716. The minimum absolute atomic E-state index is 0.157. The second-order valence-corrected chi connectivity index (χ2v) is 8.20. The standard InChI is InChI=1S/C26H27ClN2O4/c1-4-5-11-23(26(32)28-19-9-7-6-8-10-19)29-16-24(33-3)22(15-25(29)31)21-14-18(27)12-13-20(21)17(2)30/h6-10,12-16,23H,4-5,11H2,1-3H3,(H,28,32). The van der Waals surface area contributed by atoms with Gasteiger partial charge in [-0.15, -0.1) is 0 Å². The van der Waals surface area contributed by atoms with Gasteiger partial charge in [0.15, 0.2) is 5.78 Å². The van der Waals surface area contributed by atoms with Crippen molar-refractivity contribution < 1.29 is 14.3 Å². The first-order valence-corrected chi connectivity index (χ1v) is 11.2. The molecule has 0 aliphatic carbocycles. The highest BCUT2D eigenvalue weighted by molar-refractivity contribution is 6.31. The molecule has 0 saturated heterocycles. The number of ketones is 1. The predicted octanol–water partition coefficient (Wildman–Crippen LogP) is 5.75. The van der Waals surface area contributed by atoms with Crippen molar-refractivity contribution in [3.63, 3.8) is 0 Å². The summed E-state index contributed by atoms with van der Waals surface area (Å²) in [6.07, 6.45) is 3.68. The second-order valence-electron chi connectivity index (χ2n) is 7.76. The van der Waals surface area contributed by atoms with Gasteiger partial charge in [0.1, 0.15) is 11.8 Å². The molecule has 0 fully saturated rings. The Bertz CT molecular complexity index is 1200. The molecule has 33 heavy (non-hydrogen) atoms. The number of hydrogen-bond acceptors (Lipinski definition) is 4. The molecule has 6 nitrogen and oxygen atoms in total.